The van der Waals surface area contributed by atoms with Crippen molar-refractivity contribution >= 4 is 0 Å². The fourth-order valence-corrected chi connectivity index (χ4v) is 2.58. The van der Waals surface area contributed by atoms with Crippen molar-refractivity contribution < 1.29 is 5.11 Å². The predicted octanol–water partition coefficient (Wildman–Crippen LogP) is 3.53. The third-order valence-corrected chi connectivity index (χ3v) is 3.19. The van der Waals surface area contributed by atoms with Crippen molar-refractivity contribution in [1.29, 1.82) is 0 Å². The fourth-order valence-electron chi connectivity index (χ4n) is 2.58. The molecule has 1 rings (SSSR count). The first-order chi connectivity index (χ1) is 6.55. The molecule has 0 heterocycles. The minimum Gasteiger partial charge on any atom is -0.396 e. The topological polar surface area (TPSA) is 20.2 Å². The Hall–Kier alpha value is -0.300. The molecule has 1 aliphatic rings. The van der Waals surface area contributed by atoms with E-state index < -0.39 is 0 Å². The predicted molar refractivity (Wildman–Crippen MR) is 61.2 cm³/mol. The maximum Gasteiger partial charge on any atom is 0.0431 e. The number of hydrogen-bond donors (Lipinski definition) is 1. The Morgan fingerprint density at radius 2 is 2.14 bits per heavy atom. The van der Waals surface area contributed by atoms with E-state index in [9.17, 15) is 0 Å². The highest BCUT2D eigenvalue weighted by Crippen LogP contribution is 2.44. The lowest BCUT2D eigenvalue weighted by atomic mass is 9.91. The van der Waals surface area contributed by atoms with E-state index in [1.165, 1.54) is 12.8 Å². The van der Waals surface area contributed by atoms with Gasteiger partial charge in [-0.05, 0) is 43.4 Å². The summed E-state index contributed by atoms with van der Waals surface area (Å²) in [6.07, 6.45) is 8.24. The molecule has 1 fully saturated rings. The van der Waals surface area contributed by atoms with E-state index >= 15 is 0 Å². The van der Waals surface area contributed by atoms with Crippen LogP contribution in [0.3, 0.4) is 0 Å². The van der Waals surface area contributed by atoms with E-state index in [0.29, 0.717) is 12.0 Å². The molecule has 82 valence electrons. The number of rotatable bonds is 4. The first-order valence-corrected chi connectivity index (χ1v) is 5.85. The Balaban J connectivity index is 2.37. The van der Waals surface area contributed by atoms with Gasteiger partial charge in [0.15, 0.2) is 0 Å². The van der Waals surface area contributed by atoms with Gasteiger partial charge in [-0.1, -0.05) is 32.4 Å². The van der Waals surface area contributed by atoms with E-state index in [1.54, 1.807) is 5.57 Å². The molecular weight excluding hydrogens is 172 g/mol. The summed E-state index contributed by atoms with van der Waals surface area (Å²) < 4.78 is 0. The van der Waals surface area contributed by atoms with Crippen molar-refractivity contribution in [3.63, 3.8) is 0 Å². The Morgan fingerprint density at radius 1 is 1.43 bits per heavy atom. The van der Waals surface area contributed by atoms with E-state index in [2.05, 4.69) is 26.8 Å². The molecule has 1 nitrogen and oxygen atoms in total. The van der Waals surface area contributed by atoms with Crippen LogP contribution in [0.25, 0.3) is 0 Å². The van der Waals surface area contributed by atoms with Crippen LogP contribution >= 0.6 is 0 Å². The van der Waals surface area contributed by atoms with E-state index in [1.807, 2.05) is 0 Å². The van der Waals surface area contributed by atoms with Crippen LogP contribution in [0, 0.1) is 11.3 Å². The molecule has 1 unspecified atom stereocenters. The van der Waals surface area contributed by atoms with Gasteiger partial charge < -0.3 is 5.11 Å². The van der Waals surface area contributed by atoms with E-state index in [0.717, 1.165) is 25.2 Å². The molecule has 0 bridgehead atoms. The molecule has 1 N–H and O–H groups in total. The average Bonchev–Trinajstić information content (AvgIpc) is 2.34. The summed E-state index contributed by atoms with van der Waals surface area (Å²) in [6.45, 7) is 7.40. The highest BCUT2D eigenvalue weighted by molar-refractivity contribution is 5.14. The van der Waals surface area contributed by atoms with Crippen LogP contribution < -0.4 is 0 Å². The highest BCUT2D eigenvalue weighted by Gasteiger charge is 2.31. The lowest BCUT2D eigenvalue weighted by molar-refractivity contribution is 0.285. The number of unbranched alkanes of at least 4 members (excludes halogenated alkanes) is 2. The minimum absolute atomic E-state index is 0.338. The van der Waals surface area contributed by atoms with Crippen LogP contribution in [0.2, 0.25) is 0 Å². The van der Waals surface area contributed by atoms with Crippen LogP contribution in [-0.2, 0) is 0 Å². The van der Waals surface area contributed by atoms with Gasteiger partial charge in [-0.15, -0.1) is 0 Å². The fraction of sp³-hybridized carbons (Fsp3) is 0.846. The van der Waals surface area contributed by atoms with Gasteiger partial charge >= 0.3 is 0 Å². The number of aliphatic hydroxyl groups is 1. The number of aliphatic hydroxyl groups excluding tert-OH is 1. The molecule has 14 heavy (non-hydrogen) atoms. The molecule has 1 aliphatic carbocycles. The van der Waals surface area contributed by atoms with E-state index in [4.69, 9.17) is 5.11 Å². The third kappa shape index (κ3) is 3.45. The van der Waals surface area contributed by atoms with Gasteiger partial charge in [-0.25, -0.2) is 0 Å². The SMILES string of the molecule is CC1CC(C)(C)CC1=CCCCCO. The molecule has 0 aromatic rings. The van der Waals surface area contributed by atoms with Crippen molar-refractivity contribution in [3.05, 3.63) is 11.6 Å². The first-order valence-electron chi connectivity index (χ1n) is 5.85. The quantitative estimate of drug-likeness (QED) is 0.538. The van der Waals surface area contributed by atoms with Crippen LogP contribution in [0.15, 0.2) is 11.6 Å². The number of hydrogen-bond acceptors (Lipinski definition) is 1. The van der Waals surface area contributed by atoms with Gasteiger partial charge in [-0.2, -0.15) is 0 Å². The van der Waals surface area contributed by atoms with Crippen molar-refractivity contribution in [2.75, 3.05) is 6.61 Å². The summed E-state index contributed by atoms with van der Waals surface area (Å²) in [7, 11) is 0. The normalized spacial score (nSPS) is 28.6. The molecule has 0 aromatic heterocycles. The lowest BCUT2D eigenvalue weighted by Gasteiger charge is -2.14. The van der Waals surface area contributed by atoms with Crippen molar-refractivity contribution in [3.8, 4) is 0 Å². The standard InChI is InChI=1S/C13H24O/c1-11-9-13(2,3)10-12(11)7-5-4-6-8-14/h7,11,14H,4-6,8-10H2,1-3H3. The molecule has 0 amide bonds. The molecule has 0 aromatic carbocycles. The smallest absolute Gasteiger partial charge is 0.0431 e. The maximum absolute atomic E-state index is 8.67. The maximum atomic E-state index is 8.67. The van der Waals surface area contributed by atoms with Gasteiger partial charge in [0.1, 0.15) is 0 Å². The second-order valence-corrected chi connectivity index (χ2v) is 5.44. The average molecular weight is 196 g/mol. The largest absolute Gasteiger partial charge is 0.396 e. The summed E-state index contributed by atoms with van der Waals surface area (Å²) >= 11 is 0. The summed E-state index contributed by atoms with van der Waals surface area (Å²) in [5, 5.41) is 8.67. The van der Waals surface area contributed by atoms with E-state index in [-0.39, 0.29) is 0 Å². The Bertz CT molecular complexity index is 203. The Labute approximate surface area is 88.2 Å². The van der Waals surface area contributed by atoms with Crippen molar-refractivity contribution in [1.82, 2.24) is 0 Å². The van der Waals surface area contributed by atoms with Gasteiger partial charge in [0.05, 0.1) is 0 Å². The summed E-state index contributed by atoms with van der Waals surface area (Å²) in [6, 6.07) is 0. The Morgan fingerprint density at radius 3 is 2.64 bits per heavy atom. The zero-order valence-electron chi connectivity index (χ0n) is 9.84. The first kappa shape index (κ1) is 11.8. The molecule has 0 saturated heterocycles. The number of allylic oxidation sites excluding steroid dienone is 2. The zero-order chi connectivity index (χ0) is 10.6. The van der Waals surface area contributed by atoms with Crippen molar-refractivity contribution in [2.24, 2.45) is 11.3 Å². The van der Waals surface area contributed by atoms with Crippen LogP contribution in [0.4, 0.5) is 0 Å². The molecule has 1 heteroatoms. The minimum atomic E-state index is 0.338. The summed E-state index contributed by atoms with van der Waals surface area (Å²) in [5.74, 6) is 0.777. The monoisotopic (exact) mass is 196 g/mol. The van der Waals surface area contributed by atoms with Gasteiger partial charge in [0, 0.05) is 6.61 Å². The highest BCUT2D eigenvalue weighted by atomic mass is 16.2. The second-order valence-electron chi connectivity index (χ2n) is 5.44. The molecular formula is C13H24O. The van der Waals surface area contributed by atoms with Gasteiger partial charge in [-0.3, -0.25) is 0 Å². The lowest BCUT2D eigenvalue weighted by Crippen LogP contribution is -2.03. The summed E-state index contributed by atoms with van der Waals surface area (Å²) in [5.41, 5.74) is 2.16. The molecule has 1 saturated carbocycles. The zero-order valence-corrected chi connectivity index (χ0v) is 9.84. The third-order valence-electron chi connectivity index (χ3n) is 3.19. The molecule has 0 spiro atoms. The van der Waals surface area contributed by atoms with Gasteiger partial charge in [0.25, 0.3) is 0 Å². The van der Waals surface area contributed by atoms with Crippen molar-refractivity contribution in [2.45, 2.75) is 52.9 Å². The Kier molecular flexibility index (Phi) is 4.18. The van der Waals surface area contributed by atoms with Crippen LogP contribution in [0.5, 0.6) is 0 Å². The molecule has 0 aliphatic heterocycles. The van der Waals surface area contributed by atoms with Crippen LogP contribution in [-0.4, -0.2) is 11.7 Å². The van der Waals surface area contributed by atoms with Gasteiger partial charge in [0.2, 0.25) is 0 Å². The second kappa shape index (κ2) is 4.97. The summed E-state index contributed by atoms with van der Waals surface area (Å²) in [4.78, 5) is 0. The molecule has 0 radical (unpaired) electrons. The van der Waals surface area contributed by atoms with Crippen LogP contribution in [0.1, 0.15) is 52.9 Å². The molecule has 1 atom stereocenters.